The third kappa shape index (κ3) is 3.54. The van der Waals surface area contributed by atoms with Crippen molar-refractivity contribution in [1.82, 2.24) is 0 Å². The summed E-state index contributed by atoms with van der Waals surface area (Å²) in [7, 11) is 0. The molecule has 2 rings (SSSR count). The van der Waals surface area contributed by atoms with E-state index in [2.05, 4.69) is 12.2 Å². The molecule has 0 radical (unpaired) electrons. The van der Waals surface area contributed by atoms with Crippen LogP contribution in [0.25, 0.3) is 0 Å². The normalized spacial score (nSPS) is 25.3. The lowest BCUT2D eigenvalue weighted by Crippen LogP contribution is -2.41. The van der Waals surface area contributed by atoms with Crippen LogP contribution in [0.3, 0.4) is 0 Å². The molecule has 1 aromatic carbocycles. The third-order valence-electron chi connectivity index (χ3n) is 4.49. The number of hydrogen-bond donors (Lipinski definition) is 3. The summed E-state index contributed by atoms with van der Waals surface area (Å²) in [6.45, 7) is 2.58. The minimum Gasteiger partial charge on any atom is -0.481 e. The Bertz CT molecular complexity index is 517. The van der Waals surface area contributed by atoms with Gasteiger partial charge >= 0.3 is 5.97 Å². The second-order valence-electron chi connectivity index (χ2n) is 6.06. The van der Waals surface area contributed by atoms with E-state index in [9.17, 15) is 14.7 Å². The van der Waals surface area contributed by atoms with Crippen LogP contribution in [0.1, 0.15) is 43.0 Å². The van der Waals surface area contributed by atoms with Crippen molar-refractivity contribution in [3.05, 3.63) is 29.8 Å². The van der Waals surface area contributed by atoms with Crippen LogP contribution in [0.5, 0.6) is 0 Å². The van der Waals surface area contributed by atoms with Crippen molar-refractivity contribution in [2.45, 2.75) is 32.6 Å². The predicted octanol–water partition coefficient (Wildman–Crippen LogP) is 2.48. The van der Waals surface area contributed by atoms with Gasteiger partial charge in [0, 0.05) is 17.8 Å². The summed E-state index contributed by atoms with van der Waals surface area (Å²) < 4.78 is 0. The first-order valence-corrected chi connectivity index (χ1v) is 7.30. The maximum absolute atomic E-state index is 11.6. The van der Waals surface area contributed by atoms with Crippen LogP contribution in [-0.4, -0.2) is 23.5 Å². The molecule has 0 heterocycles. The fraction of sp³-hybridized carbons (Fsp3) is 0.500. The highest BCUT2D eigenvalue weighted by atomic mass is 16.4. The van der Waals surface area contributed by atoms with Gasteiger partial charge in [0.2, 0.25) is 5.91 Å². The number of carboxylic acids is 1. The topological polar surface area (TPSA) is 92.4 Å². The van der Waals surface area contributed by atoms with E-state index in [1.54, 1.807) is 24.3 Å². The van der Waals surface area contributed by atoms with E-state index in [4.69, 9.17) is 5.73 Å². The maximum Gasteiger partial charge on any atom is 0.311 e. The van der Waals surface area contributed by atoms with E-state index in [0.29, 0.717) is 30.9 Å². The first-order chi connectivity index (χ1) is 9.93. The van der Waals surface area contributed by atoms with E-state index in [1.807, 2.05) is 0 Å². The van der Waals surface area contributed by atoms with Crippen molar-refractivity contribution in [3.8, 4) is 0 Å². The number of nitrogens with one attached hydrogen (secondary N) is 1. The van der Waals surface area contributed by atoms with E-state index in [0.717, 1.165) is 18.5 Å². The summed E-state index contributed by atoms with van der Waals surface area (Å²) in [5.41, 5.74) is 5.76. The number of anilines is 1. The largest absolute Gasteiger partial charge is 0.481 e. The lowest BCUT2D eigenvalue weighted by atomic mass is 9.71. The molecule has 1 saturated carbocycles. The van der Waals surface area contributed by atoms with Gasteiger partial charge in [-0.2, -0.15) is 0 Å². The molecular formula is C16H22N2O3. The number of benzene rings is 1. The van der Waals surface area contributed by atoms with Gasteiger partial charge in [-0.1, -0.05) is 6.92 Å². The molecule has 114 valence electrons. The van der Waals surface area contributed by atoms with Gasteiger partial charge in [0.05, 0.1) is 5.41 Å². The second-order valence-corrected chi connectivity index (χ2v) is 6.06. The number of nitrogens with two attached hydrogens (primary N) is 1. The molecule has 0 bridgehead atoms. The fourth-order valence-electron chi connectivity index (χ4n) is 2.80. The van der Waals surface area contributed by atoms with E-state index in [1.165, 1.54) is 0 Å². The zero-order chi connectivity index (χ0) is 15.5. The highest BCUT2D eigenvalue weighted by Gasteiger charge is 2.40. The first-order valence-electron chi connectivity index (χ1n) is 7.30. The van der Waals surface area contributed by atoms with Gasteiger partial charge in [-0.25, -0.2) is 0 Å². The van der Waals surface area contributed by atoms with Gasteiger partial charge in [0.1, 0.15) is 0 Å². The van der Waals surface area contributed by atoms with Crippen molar-refractivity contribution in [1.29, 1.82) is 0 Å². The molecule has 1 amide bonds. The van der Waals surface area contributed by atoms with Crippen molar-refractivity contribution in [2.24, 2.45) is 17.1 Å². The lowest BCUT2D eigenvalue weighted by molar-refractivity contribution is -0.150. The Kier molecular flexibility index (Phi) is 4.50. The number of carboxylic acid groups (broad SMARTS) is 1. The van der Waals surface area contributed by atoms with E-state index < -0.39 is 17.3 Å². The van der Waals surface area contributed by atoms with Crippen LogP contribution in [0.15, 0.2) is 24.3 Å². The summed E-state index contributed by atoms with van der Waals surface area (Å²) in [5, 5.41) is 12.8. The number of carbonyl (C=O) groups is 2. The zero-order valence-electron chi connectivity index (χ0n) is 12.3. The van der Waals surface area contributed by atoms with Crippen molar-refractivity contribution >= 4 is 17.6 Å². The SMILES string of the molecule is CC1CCC(CNc2ccc(C(N)=O)cc2)(C(=O)O)CC1. The molecule has 1 aliphatic rings. The van der Waals surface area contributed by atoms with Crippen LogP contribution in [-0.2, 0) is 4.79 Å². The predicted molar refractivity (Wildman–Crippen MR) is 81.2 cm³/mol. The van der Waals surface area contributed by atoms with Gasteiger partial charge in [-0.05, 0) is 55.9 Å². The van der Waals surface area contributed by atoms with Crippen LogP contribution in [0.2, 0.25) is 0 Å². The molecule has 0 unspecified atom stereocenters. The molecular weight excluding hydrogens is 268 g/mol. The Balaban J connectivity index is 2.02. The number of rotatable bonds is 5. The summed E-state index contributed by atoms with van der Waals surface area (Å²) in [5.74, 6) is -0.590. The Morgan fingerprint density at radius 1 is 1.29 bits per heavy atom. The smallest absolute Gasteiger partial charge is 0.311 e. The molecule has 5 nitrogen and oxygen atoms in total. The summed E-state index contributed by atoms with van der Waals surface area (Å²) in [6.07, 6.45) is 3.31. The molecule has 5 heteroatoms. The van der Waals surface area contributed by atoms with Gasteiger partial charge in [0.15, 0.2) is 0 Å². The van der Waals surface area contributed by atoms with Gasteiger partial charge in [-0.3, -0.25) is 9.59 Å². The minimum atomic E-state index is -0.726. The van der Waals surface area contributed by atoms with Gasteiger partial charge in [-0.15, -0.1) is 0 Å². The molecule has 0 atom stereocenters. The second kappa shape index (κ2) is 6.16. The van der Waals surface area contributed by atoms with Crippen LogP contribution in [0.4, 0.5) is 5.69 Å². The Labute approximate surface area is 124 Å². The lowest BCUT2D eigenvalue weighted by Gasteiger charge is -2.36. The van der Waals surface area contributed by atoms with Crippen molar-refractivity contribution in [3.63, 3.8) is 0 Å². The van der Waals surface area contributed by atoms with Crippen molar-refractivity contribution in [2.75, 3.05) is 11.9 Å². The van der Waals surface area contributed by atoms with Crippen molar-refractivity contribution < 1.29 is 14.7 Å². The molecule has 0 spiro atoms. The van der Waals surface area contributed by atoms with E-state index >= 15 is 0 Å². The molecule has 1 fully saturated rings. The Morgan fingerprint density at radius 3 is 2.33 bits per heavy atom. The molecule has 4 N–H and O–H groups in total. The average molecular weight is 290 g/mol. The number of primary amides is 1. The minimum absolute atomic E-state index is 0.408. The molecule has 21 heavy (non-hydrogen) atoms. The highest BCUT2D eigenvalue weighted by molar-refractivity contribution is 5.93. The monoisotopic (exact) mass is 290 g/mol. The number of amides is 1. The average Bonchev–Trinajstić information content (AvgIpc) is 2.47. The molecule has 0 saturated heterocycles. The zero-order valence-corrected chi connectivity index (χ0v) is 12.3. The quantitative estimate of drug-likeness (QED) is 0.776. The standard InChI is InChI=1S/C16H22N2O3/c1-11-6-8-16(9-7-11,15(20)21)10-18-13-4-2-12(3-5-13)14(17)19/h2-5,11,18H,6-10H2,1H3,(H2,17,19)(H,20,21). The van der Waals surface area contributed by atoms with Gasteiger partial charge in [0.25, 0.3) is 0 Å². The Morgan fingerprint density at radius 2 is 1.86 bits per heavy atom. The number of carbonyl (C=O) groups excluding carboxylic acids is 1. The van der Waals surface area contributed by atoms with E-state index in [-0.39, 0.29) is 0 Å². The fourth-order valence-corrected chi connectivity index (χ4v) is 2.80. The molecule has 1 aromatic rings. The molecule has 0 aliphatic heterocycles. The Hall–Kier alpha value is -2.04. The first kappa shape index (κ1) is 15.4. The summed E-state index contributed by atoms with van der Waals surface area (Å²) in [4.78, 5) is 22.7. The van der Waals surface area contributed by atoms with Gasteiger partial charge < -0.3 is 16.2 Å². The number of aliphatic carboxylic acids is 1. The molecule has 0 aromatic heterocycles. The summed E-state index contributed by atoms with van der Waals surface area (Å²) >= 11 is 0. The number of hydrogen-bond acceptors (Lipinski definition) is 3. The van der Waals surface area contributed by atoms with Crippen LogP contribution in [0, 0.1) is 11.3 Å². The summed E-state index contributed by atoms with van der Waals surface area (Å²) in [6, 6.07) is 6.78. The molecule has 1 aliphatic carbocycles. The third-order valence-corrected chi connectivity index (χ3v) is 4.49. The highest BCUT2D eigenvalue weighted by Crippen LogP contribution is 2.39. The van der Waals surface area contributed by atoms with Crippen LogP contribution < -0.4 is 11.1 Å². The van der Waals surface area contributed by atoms with Crippen LogP contribution >= 0.6 is 0 Å². The maximum atomic E-state index is 11.6.